The fraction of sp³-hybridized carbons (Fsp3) is 0.562. The predicted molar refractivity (Wildman–Crippen MR) is 79.1 cm³/mol. The number of piperazine rings is 1. The van der Waals surface area contributed by atoms with Gasteiger partial charge in [-0.1, -0.05) is 12.1 Å². The maximum Gasteiger partial charge on any atom is 0.222 e. The molecule has 114 valence electrons. The molecule has 2 saturated heterocycles. The molecule has 3 atom stereocenters. The first-order valence-corrected chi connectivity index (χ1v) is 7.61. The van der Waals surface area contributed by atoms with Gasteiger partial charge in [0.05, 0.1) is 0 Å². The predicted octanol–water partition coefficient (Wildman–Crippen LogP) is 1.52. The molecule has 21 heavy (non-hydrogen) atoms. The highest BCUT2D eigenvalue weighted by Crippen LogP contribution is 2.30. The van der Waals surface area contributed by atoms with Gasteiger partial charge in [-0.2, -0.15) is 0 Å². The Morgan fingerprint density at radius 3 is 2.90 bits per heavy atom. The van der Waals surface area contributed by atoms with E-state index >= 15 is 0 Å². The van der Waals surface area contributed by atoms with E-state index in [0.29, 0.717) is 12.5 Å². The van der Waals surface area contributed by atoms with E-state index in [2.05, 4.69) is 4.90 Å². The summed E-state index contributed by atoms with van der Waals surface area (Å²) in [5.41, 5.74) is 7.09. The molecule has 4 nitrogen and oxygen atoms in total. The summed E-state index contributed by atoms with van der Waals surface area (Å²) in [4.78, 5) is 16.1. The molecule has 0 bridgehead atoms. The summed E-state index contributed by atoms with van der Waals surface area (Å²) in [6.45, 7) is 4.34. The van der Waals surface area contributed by atoms with E-state index in [1.807, 2.05) is 17.9 Å². The Hall–Kier alpha value is -1.46. The summed E-state index contributed by atoms with van der Waals surface area (Å²) in [7, 11) is 0. The number of benzene rings is 1. The minimum absolute atomic E-state index is 0.00134. The van der Waals surface area contributed by atoms with Crippen LogP contribution in [0.2, 0.25) is 0 Å². The Morgan fingerprint density at radius 1 is 1.38 bits per heavy atom. The zero-order valence-corrected chi connectivity index (χ0v) is 12.3. The molecule has 2 fully saturated rings. The van der Waals surface area contributed by atoms with Crippen LogP contribution in [0.4, 0.5) is 4.39 Å². The van der Waals surface area contributed by atoms with Gasteiger partial charge < -0.3 is 10.6 Å². The van der Waals surface area contributed by atoms with Crippen LogP contribution in [-0.4, -0.2) is 47.4 Å². The number of carbonyl (C=O) groups is 1. The minimum atomic E-state index is -0.229. The van der Waals surface area contributed by atoms with E-state index in [9.17, 15) is 9.18 Å². The maximum atomic E-state index is 13.5. The number of hydrogen-bond donors (Lipinski definition) is 1. The van der Waals surface area contributed by atoms with Gasteiger partial charge in [-0.3, -0.25) is 9.69 Å². The number of hydrogen-bond acceptors (Lipinski definition) is 3. The SMILES string of the molecule is CC(N)C(c1cccc(F)c1)N1CCN2C(=O)CCC2C1. The summed E-state index contributed by atoms with van der Waals surface area (Å²) in [6.07, 6.45) is 1.57. The lowest BCUT2D eigenvalue weighted by Gasteiger charge is -2.43. The van der Waals surface area contributed by atoms with Gasteiger partial charge >= 0.3 is 0 Å². The highest BCUT2D eigenvalue weighted by molar-refractivity contribution is 5.78. The minimum Gasteiger partial charge on any atom is -0.337 e. The summed E-state index contributed by atoms with van der Waals surface area (Å²) >= 11 is 0. The van der Waals surface area contributed by atoms with E-state index in [0.717, 1.165) is 31.6 Å². The summed E-state index contributed by atoms with van der Waals surface area (Å²) in [5.74, 6) is 0.0376. The van der Waals surface area contributed by atoms with Gasteiger partial charge in [-0.05, 0) is 31.0 Å². The Balaban J connectivity index is 1.81. The molecule has 5 heteroatoms. The highest BCUT2D eigenvalue weighted by Gasteiger charge is 2.38. The van der Waals surface area contributed by atoms with Gasteiger partial charge in [0.2, 0.25) is 5.91 Å². The lowest BCUT2D eigenvalue weighted by Crippen LogP contribution is -2.54. The Labute approximate surface area is 124 Å². The first-order chi connectivity index (χ1) is 10.1. The zero-order chi connectivity index (χ0) is 15.0. The van der Waals surface area contributed by atoms with Crippen LogP contribution in [0.5, 0.6) is 0 Å². The first kappa shape index (κ1) is 14.5. The molecule has 1 amide bonds. The van der Waals surface area contributed by atoms with Gasteiger partial charge in [0.1, 0.15) is 5.82 Å². The summed E-state index contributed by atoms with van der Waals surface area (Å²) in [6, 6.07) is 6.89. The molecule has 0 aromatic heterocycles. The van der Waals surface area contributed by atoms with E-state index in [1.165, 1.54) is 6.07 Å². The molecule has 2 aliphatic rings. The molecular formula is C16H22FN3O. The number of nitrogens with zero attached hydrogens (tertiary/aromatic N) is 2. The van der Waals surface area contributed by atoms with Gasteiger partial charge in [-0.25, -0.2) is 4.39 Å². The fourth-order valence-corrected chi connectivity index (χ4v) is 3.68. The van der Waals surface area contributed by atoms with Gasteiger partial charge in [0.25, 0.3) is 0 Å². The molecule has 1 aromatic carbocycles. The topological polar surface area (TPSA) is 49.6 Å². The number of halogens is 1. The molecule has 0 saturated carbocycles. The second-order valence-electron chi connectivity index (χ2n) is 6.13. The van der Waals surface area contributed by atoms with Crippen LogP contribution in [0.15, 0.2) is 24.3 Å². The van der Waals surface area contributed by atoms with Gasteiger partial charge in [-0.15, -0.1) is 0 Å². The van der Waals surface area contributed by atoms with E-state index < -0.39 is 0 Å². The van der Waals surface area contributed by atoms with Crippen LogP contribution >= 0.6 is 0 Å². The van der Waals surface area contributed by atoms with Crippen molar-refractivity contribution in [1.29, 1.82) is 0 Å². The van der Waals surface area contributed by atoms with Gasteiger partial charge in [0, 0.05) is 44.2 Å². The average Bonchev–Trinajstić information content (AvgIpc) is 2.80. The first-order valence-electron chi connectivity index (χ1n) is 7.61. The molecule has 0 spiro atoms. The molecular weight excluding hydrogens is 269 g/mol. The van der Waals surface area contributed by atoms with Gasteiger partial charge in [0.15, 0.2) is 0 Å². The highest BCUT2D eigenvalue weighted by atomic mass is 19.1. The summed E-state index contributed by atoms with van der Waals surface area (Å²) in [5, 5.41) is 0. The number of carbonyl (C=O) groups excluding carboxylic acids is 1. The van der Waals surface area contributed by atoms with Crippen LogP contribution < -0.4 is 5.73 Å². The molecule has 0 aliphatic carbocycles. The molecule has 0 radical (unpaired) electrons. The summed E-state index contributed by atoms with van der Waals surface area (Å²) < 4.78 is 13.5. The lowest BCUT2D eigenvalue weighted by molar-refractivity contribution is -0.131. The largest absolute Gasteiger partial charge is 0.337 e. The monoisotopic (exact) mass is 291 g/mol. The number of rotatable bonds is 3. The van der Waals surface area contributed by atoms with E-state index in [-0.39, 0.29) is 23.8 Å². The van der Waals surface area contributed by atoms with E-state index in [4.69, 9.17) is 5.73 Å². The van der Waals surface area contributed by atoms with E-state index in [1.54, 1.807) is 12.1 Å². The Kier molecular flexibility index (Phi) is 3.95. The third kappa shape index (κ3) is 2.80. The van der Waals surface area contributed by atoms with Crippen molar-refractivity contribution in [3.8, 4) is 0 Å². The van der Waals surface area contributed by atoms with Crippen molar-refractivity contribution in [3.63, 3.8) is 0 Å². The number of fused-ring (bicyclic) bond motifs is 1. The average molecular weight is 291 g/mol. The third-order valence-corrected chi connectivity index (χ3v) is 4.61. The lowest BCUT2D eigenvalue weighted by atomic mass is 9.97. The Morgan fingerprint density at radius 2 is 2.19 bits per heavy atom. The van der Waals surface area contributed by atoms with Crippen molar-refractivity contribution in [2.24, 2.45) is 5.73 Å². The molecule has 3 rings (SSSR count). The van der Waals surface area contributed by atoms with Crippen molar-refractivity contribution in [1.82, 2.24) is 9.80 Å². The Bertz CT molecular complexity index is 534. The van der Waals surface area contributed by atoms with Crippen LogP contribution in [0, 0.1) is 5.82 Å². The normalized spacial score (nSPS) is 25.8. The number of amides is 1. The number of nitrogens with two attached hydrogens (primary N) is 1. The van der Waals surface area contributed by atoms with Crippen molar-refractivity contribution < 1.29 is 9.18 Å². The smallest absolute Gasteiger partial charge is 0.222 e. The van der Waals surface area contributed by atoms with Crippen molar-refractivity contribution in [3.05, 3.63) is 35.6 Å². The quantitative estimate of drug-likeness (QED) is 0.918. The van der Waals surface area contributed by atoms with Crippen molar-refractivity contribution in [2.45, 2.75) is 37.9 Å². The van der Waals surface area contributed by atoms with Crippen molar-refractivity contribution >= 4 is 5.91 Å². The van der Waals surface area contributed by atoms with Crippen molar-refractivity contribution in [2.75, 3.05) is 19.6 Å². The fourth-order valence-electron chi connectivity index (χ4n) is 3.68. The molecule has 2 heterocycles. The van der Waals surface area contributed by atoms with Crippen LogP contribution in [-0.2, 0) is 4.79 Å². The standard InChI is InChI=1S/C16H22FN3O/c1-11(18)16(12-3-2-4-13(17)9-12)19-7-8-20-14(10-19)5-6-15(20)21/h2-4,9,11,14,16H,5-8,10,18H2,1H3. The van der Waals surface area contributed by atoms with Crippen LogP contribution in [0.3, 0.4) is 0 Å². The second kappa shape index (κ2) is 5.73. The zero-order valence-electron chi connectivity index (χ0n) is 12.3. The molecule has 2 aliphatic heterocycles. The molecule has 1 aromatic rings. The van der Waals surface area contributed by atoms with Crippen LogP contribution in [0.25, 0.3) is 0 Å². The third-order valence-electron chi connectivity index (χ3n) is 4.61. The molecule has 3 unspecified atom stereocenters. The molecule has 2 N–H and O–H groups in total. The van der Waals surface area contributed by atoms with Crippen LogP contribution in [0.1, 0.15) is 31.4 Å². The maximum absolute atomic E-state index is 13.5. The second-order valence-corrected chi connectivity index (χ2v) is 6.13.